The van der Waals surface area contributed by atoms with Gasteiger partial charge in [0.15, 0.2) is 15.7 Å². The summed E-state index contributed by atoms with van der Waals surface area (Å²) in [6, 6.07) is 14.1. The van der Waals surface area contributed by atoms with Crippen LogP contribution < -0.4 is 16.4 Å². The predicted octanol–water partition coefficient (Wildman–Crippen LogP) is 3.61. The lowest BCUT2D eigenvalue weighted by atomic mass is 9.94. The van der Waals surface area contributed by atoms with Crippen LogP contribution in [0.4, 0.5) is 16.3 Å². The second kappa shape index (κ2) is 9.57. The third-order valence-corrected chi connectivity index (χ3v) is 8.57. The standard InChI is InChI=1S/C23H24ClN5O4S/c1-26-22(30)27-17-6-2-15(3-7-17)21-28-19(14-20(25)29-21)23(10-12-33-13-11-23)34(31,32)18-8-4-16(24)5-9-18/h2-9,14H,10-13H2,1H3,(H2,25,28,29)(H2,26,27,30). The molecule has 0 radical (unpaired) electrons. The Labute approximate surface area is 202 Å². The number of rotatable bonds is 5. The molecule has 4 rings (SSSR count). The van der Waals surface area contributed by atoms with Gasteiger partial charge in [0.1, 0.15) is 10.6 Å². The van der Waals surface area contributed by atoms with Gasteiger partial charge in [0, 0.05) is 42.6 Å². The Morgan fingerprint density at radius 1 is 1.06 bits per heavy atom. The molecule has 1 aliphatic rings. The molecular formula is C23H24ClN5O4S. The summed E-state index contributed by atoms with van der Waals surface area (Å²) >= 11 is 5.98. The number of nitrogens with two attached hydrogens (primary N) is 1. The molecule has 9 nitrogen and oxygen atoms in total. The van der Waals surface area contributed by atoms with Crippen LogP contribution >= 0.6 is 11.6 Å². The molecule has 3 aromatic rings. The van der Waals surface area contributed by atoms with Gasteiger partial charge in [-0.25, -0.2) is 23.2 Å². The summed E-state index contributed by atoms with van der Waals surface area (Å²) in [4.78, 5) is 20.7. The highest BCUT2D eigenvalue weighted by molar-refractivity contribution is 7.92. The van der Waals surface area contributed by atoms with Crippen LogP contribution in [0.5, 0.6) is 0 Å². The maximum absolute atomic E-state index is 13.9. The number of carbonyl (C=O) groups excluding carboxylic acids is 1. The summed E-state index contributed by atoms with van der Waals surface area (Å²) < 4.78 is 32.0. The zero-order valence-electron chi connectivity index (χ0n) is 18.4. The molecular weight excluding hydrogens is 478 g/mol. The van der Waals surface area contributed by atoms with Crippen molar-refractivity contribution in [3.63, 3.8) is 0 Å². The summed E-state index contributed by atoms with van der Waals surface area (Å²) in [6.45, 7) is 0.540. The normalized spacial score (nSPS) is 15.5. The molecule has 0 spiro atoms. The van der Waals surface area contributed by atoms with Gasteiger partial charge < -0.3 is 21.1 Å². The third-order valence-electron chi connectivity index (χ3n) is 5.78. The average Bonchev–Trinajstić information content (AvgIpc) is 2.84. The number of aromatic nitrogens is 2. The second-order valence-electron chi connectivity index (χ2n) is 7.85. The number of anilines is 2. The Morgan fingerprint density at radius 3 is 2.32 bits per heavy atom. The van der Waals surface area contributed by atoms with E-state index in [0.717, 1.165) is 0 Å². The van der Waals surface area contributed by atoms with Crippen molar-refractivity contribution in [1.29, 1.82) is 0 Å². The monoisotopic (exact) mass is 501 g/mol. The summed E-state index contributed by atoms with van der Waals surface area (Å²) in [5, 5.41) is 5.60. The lowest BCUT2D eigenvalue weighted by Gasteiger charge is -2.36. The Morgan fingerprint density at radius 2 is 1.71 bits per heavy atom. The number of nitrogens with zero attached hydrogens (tertiary/aromatic N) is 2. The molecule has 1 fully saturated rings. The molecule has 2 amide bonds. The van der Waals surface area contributed by atoms with E-state index in [1.165, 1.54) is 25.2 Å². The topological polar surface area (TPSA) is 136 Å². The maximum atomic E-state index is 13.9. The summed E-state index contributed by atoms with van der Waals surface area (Å²) in [5.41, 5.74) is 7.65. The number of ether oxygens (including phenoxy) is 1. The van der Waals surface area contributed by atoms with Gasteiger partial charge in [-0.05, 0) is 61.4 Å². The van der Waals surface area contributed by atoms with Gasteiger partial charge in [0.25, 0.3) is 0 Å². The van der Waals surface area contributed by atoms with E-state index in [1.54, 1.807) is 36.4 Å². The van der Waals surface area contributed by atoms with Crippen LogP contribution in [-0.2, 0) is 19.3 Å². The Hall–Kier alpha value is -3.21. The highest BCUT2D eigenvalue weighted by atomic mass is 35.5. The molecule has 2 aromatic carbocycles. The molecule has 178 valence electrons. The Kier molecular flexibility index (Phi) is 6.74. The van der Waals surface area contributed by atoms with E-state index in [0.29, 0.717) is 27.8 Å². The third kappa shape index (κ3) is 4.56. The van der Waals surface area contributed by atoms with E-state index in [9.17, 15) is 13.2 Å². The van der Waals surface area contributed by atoms with Gasteiger partial charge in [-0.3, -0.25) is 0 Å². The number of nitrogens with one attached hydrogen (secondary N) is 2. The second-order valence-corrected chi connectivity index (χ2v) is 10.5. The van der Waals surface area contributed by atoms with Crippen molar-refractivity contribution in [2.45, 2.75) is 22.5 Å². The molecule has 1 aliphatic heterocycles. The van der Waals surface area contributed by atoms with Gasteiger partial charge >= 0.3 is 6.03 Å². The van der Waals surface area contributed by atoms with Crippen molar-refractivity contribution >= 4 is 39.0 Å². The van der Waals surface area contributed by atoms with E-state index < -0.39 is 14.6 Å². The van der Waals surface area contributed by atoms with E-state index in [4.69, 9.17) is 22.1 Å². The Bertz CT molecular complexity index is 1290. The first-order valence-corrected chi connectivity index (χ1v) is 12.4. The zero-order chi connectivity index (χ0) is 24.3. The van der Waals surface area contributed by atoms with E-state index in [1.807, 2.05) is 0 Å². The minimum absolute atomic E-state index is 0.155. The number of halogens is 1. The van der Waals surface area contributed by atoms with E-state index in [-0.39, 0.29) is 42.8 Å². The number of amides is 2. The molecule has 34 heavy (non-hydrogen) atoms. The minimum Gasteiger partial charge on any atom is -0.384 e. The molecule has 11 heteroatoms. The van der Waals surface area contributed by atoms with E-state index in [2.05, 4.69) is 20.6 Å². The van der Waals surface area contributed by atoms with Crippen molar-refractivity contribution in [1.82, 2.24) is 15.3 Å². The first kappa shape index (κ1) is 23.9. The predicted molar refractivity (Wildman–Crippen MR) is 130 cm³/mol. The van der Waals surface area contributed by atoms with Crippen LogP contribution in [0.2, 0.25) is 5.02 Å². The number of hydrogen-bond donors (Lipinski definition) is 3. The smallest absolute Gasteiger partial charge is 0.318 e. The molecule has 0 saturated carbocycles. The number of benzene rings is 2. The molecule has 1 aromatic heterocycles. The average molecular weight is 502 g/mol. The maximum Gasteiger partial charge on any atom is 0.318 e. The number of urea groups is 1. The quantitative estimate of drug-likeness (QED) is 0.485. The number of sulfone groups is 1. The van der Waals surface area contributed by atoms with E-state index >= 15 is 0 Å². The Balaban J connectivity index is 1.78. The summed E-state index contributed by atoms with van der Waals surface area (Å²) in [5.74, 6) is 0.448. The lowest BCUT2D eigenvalue weighted by molar-refractivity contribution is 0.0730. The van der Waals surface area contributed by atoms with Crippen LogP contribution in [0, 0.1) is 0 Å². The minimum atomic E-state index is -3.87. The zero-order valence-corrected chi connectivity index (χ0v) is 20.0. The molecule has 4 N–H and O–H groups in total. The van der Waals surface area contributed by atoms with Gasteiger partial charge in [-0.2, -0.15) is 0 Å². The molecule has 2 heterocycles. The first-order chi connectivity index (χ1) is 16.2. The molecule has 0 atom stereocenters. The van der Waals surface area contributed by atoms with Crippen LogP contribution in [0.15, 0.2) is 59.5 Å². The highest BCUT2D eigenvalue weighted by Gasteiger charge is 2.49. The summed E-state index contributed by atoms with van der Waals surface area (Å²) in [6.07, 6.45) is 0.450. The van der Waals surface area contributed by atoms with Gasteiger partial charge in [-0.1, -0.05) is 11.6 Å². The van der Waals surface area contributed by atoms with Crippen molar-refractivity contribution in [3.05, 3.63) is 65.3 Å². The highest BCUT2D eigenvalue weighted by Crippen LogP contribution is 2.43. The van der Waals surface area contributed by atoms with Crippen LogP contribution in [0.25, 0.3) is 11.4 Å². The van der Waals surface area contributed by atoms with Gasteiger partial charge in [0.05, 0.1) is 10.6 Å². The SMILES string of the molecule is CNC(=O)Nc1ccc(-c2nc(N)cc(C3(S(=O)(=O)c4ccc(Cl)cc4)CCOCC3)n2)cc1. The largest absolute Gasteiger partial charge is 0.384 e. The first-order valence-electron chi connectivity index (χ1n) is 10.6. The molecule has 0 bridgehead atoms. The summed E-state index contributed by atoms with van der Waals surface area (Å²) in [7, 11) is -2.35. The molecule has 1 saturated heterocycles. The van der Waals surface area contributed by atoms with Crippen molar-refractivity contribution in [2.24, 2.45) is 0 Å². The van der Waals surface area contributed by atoms with Crippen LogP contribution in [-0.4, -0.2) is 44.7 Å². The number of carbonyl (C=O) groups is 1. The van der Waals surface area contributed by atoms with Crippen LogP contribution in [0.3, 0.4) is 0 Å². The van der Waals surface area contributed by atoms with Crippen molar-refractivity contribution in [2.75, 3.05) is 31.3 Å². The fourth-order valence-electron chi connectivity index (χ4n) is 3.93. The fourth-order valence-corrected chi connectivity index (χ4v) is 6.08. The van der Waals surface area contributed by atoms with Gasteiger partial charge in [0.2, 0.25) is 0 Å². The molecule has 0 unspecified atom stereocenters. The van der Waals surface area contributed by atoms with Gasteiger partial charge in [-0.15, -0.1) is 0 Å². The van der Waals surface area contributed by atoms with Crippen molar-refractivity contribution < 1.29 is 17.9 Å². The number of nitrogen functional groups attached to an aromatic ring is 1. The van der Waals surface area contributed by atoms with Crippen molar-refractivity contribution in [3.8, 4) is 11.4 Å². The number of hydrogen-bond acceptors (Lipinski definition) is 7. The van der Waals surface area contributed by atoms with Crippen LogP contribution in [0.1, 0.15) is 18.5 Å². The fraction of sp³-hybridized carbons (Fsp3) is 0.261. The molecule has 0 aliphatic carbocycles. The lowest BCUT2D eigenvalue weighted by Crippen LogP contribution is -2.42.